The molecule has 1 amide bonds. The van der Waals surface area contributed by atoms with Crippen molar-refractivity contribution in [2.75, 3.05) is 51.2 Å². The van der Waals surface area contributed by atoms with Crippen LogP contribution < -0.4 is 20.7 Å². The molecule has 15 heteroatoms. The van der Waals surface area contributed by atoms with Gasteiger partial charge in [0.05, 0.1) is 36.4 Å². The Hall–Kier alpha value is -3.01. The van der Waals surface area contributed by atoms with Crippen molar-refractivity contribution in [3.8, 4) is 5.75 Å². The van der Waals surface area contributed by atoms with E-state index in [0.29, 0.717) is 30.0 Å². The topological polar surface area (TPSA) is 139 Å². The number of benzene rings is 1. The molecule has 3 N–H and O–H groups in total. The number of hydrogen-bond acceptors (Lipinski definition) is 9. The van der Waals surface area contributed by atoms with E-state index in [2.05, 4.69) is 30.8 Å². The van der Waals surface area contributed by atoms with E-state index in [1.165, 1.54) is 11.4 Å². The highest BCUT2D eigenvalue weighted by atomic mass is 32.2. The fraction of sp³-hybridized carbons (Fsp3) is 0.633. The van der Waals surface area contributed by atoms with Gasteiger partial charge in [-0.2, -0.15) is 13.2 Å². The summed E-state index contributed by atoms with van der Waals surface area (Å²) in [6, 6.07) is 4.01. The molecule has 2 saturated heterocycles. The number of anilines is 3. The minimum absolute atomic E-state index is 0.0357. The lowest BCUT2D eigenvalue weighted by Gasteiger charge is -2.38. The molecule has 6 rings (SSSR count). The van der Waals surface area contributed by atoms with Gasteiger partial charge < -0.3 is 20.3 Å². The van der Waals surface area contributed by atoms with Gasteiger partial charge in [0.1, 0.15) is 5.75 Å². The lowest BCUT2D eigenvalue weighted by atomic mass is 9.79. The first kappa shape index (κ1) is 32.0. The van der Waals surface area contributed by atoms with Crippen molar-refractivity contribution in [3.63, 3.8) is 0 Å². The first-order valence-electron chi connectivity index (χ1n) is 15.3. The smallest absolute Gasteiger partial charge is 0.419 e. The fourth-order valence-corrected chi connectivity index (χ4v) is 8.43. The van der Waals surface area contributed by atoms with Crippen molar-refractivity contribution in [2.45, 2.75) is 68.7 Å². The summed E-state index contributed by atoms with van der Waals surface area (Å²) in [5.74, 6) is 0.182. The third-order valence-electron chi connectivity index (χ3n) is 10.3. The molecule has 0 bridgehead atoms. The minimum Gasteiger partial charge on any atom is -0.494 e. The maximum atomic E-state index is 14.2. The van der Waals surface area contributed by atoms with Gasteiger partial charge in [-0.25, -0.2) is 22.7 Å². The zero-order chi connectivity index (χ0) is 32.4. The highest BCUT2D eigenvalue weighted by Gasteiger charge is 2.83. The molecule has 4 aliphatic rings. The zero-order valence-corrected chi connectivity index (χ0v) is 26.7. The second-order valence-corrected chi connectivity index (χ2v) is 15.1. The number of sulfonamides is 1. The van der Waals surface area contributed by atoms with Crippen LogP contribution in [0.15, 0.2) is 24.4 Å². The monoisotopic (exact) mass is 651 g/mol. The Balaban J connectivity index is 1.23. The van der Waals surface area contributed by atoms with Crippen LogP contribution in [-0.2, 0) is 21.0 Å². The van der Waals surface area contributed by atoms with Gasteiger partial charge in [0.15, 0.2) is 0 Å². The van der Waals surface area contributed by atoms with Crippen molar-refractivity contribution >= 4 is 33.3 Å². The van der Waals surface area contributed by atoms with Crippen LogP contribution >= 0.6 is 0 Å². The molecule has 11 nitrogen and oxygen atoms in total. The summed E-state index contributed by atoms with van der Waals surface area (Å²) in [5, 5.41) is 9.24. The maximum absolute atomic E-state index is 14.2. The number of amides is 1. The standard InChI is InChI=1S/C30H40F3N7O4S/c1-39-13-10-18(11-14-39)26(41)35-19-8-9-21(22(15-19)44-3)36-27-34-16-20(30(31,32)33)24(37-27)25-29(38-25)17-28(29)12-6-5-7-23(28)40(2)45(4,42)43/h8-9,15-16,18,23,25,38H,5-7,10-14,17H2,1-4H3,(H,35,41)(H,34,36,37)/t23-,25?,28-,29+/m1/s1. The van der Waals surface area contributed by atoms with Gasteiger partial charge in [0.2, 0.25) is 21.9 Å². The number of nitrogens with zero attached hydrogens (tertiary/aromatic N) is 4. The van der Waals surface area contributed by atoms with E-state index in [4.69, 9.17) is 4.74 Å². The first-order valence-corrected chi connectivity index (χ1v) is 17.1. The number of piperidine rings is 1. The van der Waals surface area contributed by atoms with Gasteiger partial charge >= 0.3 is 6.18 Å². The first-order chi connectivity index (χ1) is 21.2. The second kappa shape index (κ2) is 11.4. The summed E-state index contributed by atoms with van der Waals surface area (Å²) in [7, 11) is 1.57. The van der Waals surface area contributed by atoms with Crippen LogP contribution in [0.4, 0.5) is 30.5 Å². The molecule has 1 unspecified atom stereocenters. The molecule has 0 radical (unpaired) electrons. The van der Waals surface area contributed by atoms with E-state index in [-0.39, 0.29) is 29.5 Å². The van der Waals surface area contributed by atoms with Crippen molar-refractivity contribution in [1.29, 1.82) is 0 Å². The van der Waals surface area contributed by atoms with Crippen LogP contribution in [0.3, 0.4) is 0 Å². The Morgan fingerprint density at radius 2 is 1.93 bits per heavy atom. The van der Waals surface area contributed by atoms with Gasteiger partial charge in [0.25, 0.3) is 0 Å². The largest absolute Gasteiger partial charge is 0.494 e. The number of hydrogen-bond donors (Lipinski definition) is 3. The lowest BCUT2D eigenvalue weighted by Crippen LogP contribution is -2.46. The highest BCUT2D eigenvalue weighted by Crippen LogP contribution is 2.76. The lowest BCUT2D eigenvalue weighted by molar-refractivity contribution is -0.138. The van der Waals surface area contributed by atoms with Gasteiger partial charge in [-0.15, -0.1) is 0 Å². The Labute approximate surface area is 261 Å². The molecule has 4 fully saturated rings. The van der Waals surface area contributed by atoms with Gasteiger partial charge in [-0.3, -0.25) is 10.1 Å². The van der Waals surface area contributed by atoms with Crippen LogP contribution in [0.5, 0.6) is 5.75 Å². The second-order valence-electron chi connectivity index (χ2n) is 13.0. The van der Waals surface area contributed by atoms with Crippen LogP contribution in [0.2, 0.25) is 0 Å². The van der Waals surface area contributed by atoms with Crippen molar-refractivity contribution < 1.29 is 31.1 Å². The molecule has 45 heavy (non-hydrogen) atoms. The predicted octanol–water partition coefficient (Wildman–Crippen LogP) is 4.14. The number of aromatic nitrogens is 2. The SMILES string of the molecule is COc1cc(NC(=O)C2CCN(C)CC2)ccc1Nc1ncc(C(F)(F)F)c(C2N[C@@]23C[C@@]32CCCC[C@H]2N(C)S(C)(=O)=O)n1. The molecule has 246 valence electrons. The number of ether oxygens (including phenoxy) is 1. The number of methoxy groups -OCH3 is 1. The molecule has 2 spiro atoms. The maximum Gasteiger partial charge on any atom is 0.419 e. The summed E-state index contributed by atoms with van der Waals surface area (Å²) < 4.78 is 74.4. The van der Waals surface area contributed by atoms with Crippen molar-refractivity contribution in [1.82, 2.24) is 24.5 Å². The minimum atomic E-state index is -4.68. The number of alkyl halides is 3. The summed E-state index contributed by atoms with van der Waals surface area (Å²) >= 11 is 0. The van der Waals surface area contributed by atoms with E-state index < -0.39 is 38.8 Å². The van der Waals surface area contributed by atoms with Gasteiger partial charge in [0, 0.05) is 47.9 Å². The summed E-state index contributed by atoms with van der Waals surface area (Å²) in [5.41, 5.74) is -1.22. The third kappa shape index (κ3) is 5.87. The molecular formula is C30H40F3N7O4S. The number of likely N-dealkylation sites (tertiary alicyclic amines) is 1. The van der Waals surface area contributed by atoms with E-state index in [0.717, 1.165) is 57.6 Å². The molecule has 2 aliphatic carbocycles. The van der Waals surface area contributed by atoms with Crippen LogP contribution in [0, 0.1) is 11.3 Å². The molecule has 2 saturated carbocycles. The average molecular weight is 652 g/mol. The number of carbonyl (C=O) groups excluding carboxylic acids is 1. The Bertz CT molecular complexity index is 1580. The molecule has 3 heterocycles. The Morgan fingerprint density at radius 1 is 1.20 bits per heavy atom. The van der Waals surface area contributed by atoms with Crippen LogP contribution in [0.25, 0.3) is 0 Å². The zero-order valence-electron chi connectivity index (χ0n) is 25.9. The summed E-state index contributed by atoms with van der Waals surface area (Å²) in [6.07, 6.45) is 2.56. The van der Waals surface area contributed by atoms with E-state index in [9.17, 15) is 26.4 Å². The predicted molar refractivity (Wildman–Crippen MR) is 163 cm³/mol. The van der Waals surface area contributed by atoms with Crippen LogP contribution in [-0.4, -0.2) is 85.6 Å². The molecule has 4 atom stereocenters. The molecule has 1 aromatic heterocycles. The third-order valence-corrected chi connectivity index (χ3v) is 11.6. The molecule has 2 aromatic rings. The normalized spacial score (nSPS) is 28.8. The number of rotatable bonds is 8. The molecule has 1 aromatic carbocycles. The fourth-order valence-electron chi connectivity index (χ4n) is 7.67. The number of halogens is 3. The average Bonchev–Trinajstić information content (AvgIpc) is 3.87. The highest BCUT2D eigenvalue weighted by molar-refractivity contribution is 7.88. The van der Waals surface area contributed by atoms with Crippen molar-refractivity contribution in [3.05, 3.63) is 35.7 Å². The van der Waals surface area contributed by atoms with Gasteiger partial charge in [-0.05, 0) is 64.4 Å². The van der Waals surface area contributed by atoms with E-state index in [1.807, 2.05) is 7.05 Å². The van der Waals surface area contributed by atoms with Gasteiger partial charge in [-0.1, -0.05) is 12.8 Å². The quantitative estimate of drug-likeness (QED) is 0.360. The Morgan fingerprint density at radius 3 is 2.60 bits per heavy atom. The molecule has 2 aliphatic heterocycles. The Kier molecular flexibility index (Phi) is 8.06. The number of fused-ring (bicyclic) bond motifs is 1. The molecular weight excluding hydrogens is 611 g/mol. The van der Waals surface area contributed by atoms with E-state index in [1.54, 1.807) is 25.2 Å². The number of nitrogens with one attached hydrogen (secondary N) is 3. The number of carbonyl (C=O) groups is 1. The summed E-state index contributed by atoms with van der Waals surface area (Å²) in [6.45, 7) is 1.71. The van der Waals surface area contributed by atoms with Crippen LogP contribution in [0.1, 0.15) is 62.2 Å². The van der Waals surface area contributed by atoms with E-state index >= 15 is 0 Å². The summed E-state index contributed by atoms with van der Waals surface area (Å²) in [4.78, 5) is 23.4. The van der Waals surface area contributed by atoms with Crippen molar-refractivity contribution in [2.24, 2.45) is 11.3 Å².